The molecule has 1 aliphatic heterocycles. The number of hydrogen-bond acceptors (Lipinski definition) is 6. The number of rotatable bonds is 6. The molecule has 1 aliphatic rings. The maximum atomic E-state index is 12.9. The Bertz CT molecular complexity index is 1500. The van der Waals surface area contributed by atoms with Crippen molar-refractivity contribution < 1.29 is 23.5 Å². The fourth-order valence-corrected chi connectivity index (χ4v) is 4.02. The van der Waals surface area contributed by atoms with Crippen LogP contribution in [-0.4, -0.2) is 29.0 Å². The smallest absolute Gasteiger partial charge is 0.419 e. The van der Waals surface area contributed by atoms with Crippen LogP contribution in [0.3, 0.4) is 0 Å². The lowest BCUT2D eigenvalue weighted by Crippen LogP contribution is -2.29. The van der Waals surface area contributed by atoms with Crippen LogP contribution in [0, 0.1) is 0 Å². The topological polar surface area (TPSA) is 98.8 Å². The van der Waals surface area contributed by atoms with E-state index in [-0.39, 0.29) is 23.3 Å². The van der Waals surface area contributed by atoms with Crippen molar-refractivity contribution in [1.29, 1.82) is 0 Å². The van der Waals surface area contributed by atoms with E-state index in [2.05, 4.69) is 0 Å². The minimum absolute atomic E-state index is 0.0612. The quantitative estimate of drug-likeness (QED) is 0.234. The van der Waals surface area contributed by atoms with Gasteiger partial charge in [0.05, 0.1) is 34.5 Å². The number of anilines is 1. The lowest BCUT2D eigenvalue weighted by atomic mass is 10.1. The molecule has 2 amide bonds. The maximum Gasteiger partial charge on any atom is 0.419 e. The molecular formula is C25H17ClN2O6. The molecule has 0 spiro atoms. The zero-order valence-corrected chi connectivity index (χ0v) is 18.4. The van der Waals surface area contributed by atoms with E-state index in [4.69, 9.17) is 20.8 Å². The molecule has 0 aliphatic carbocycles. The van der Waals surface area contributed by atoms with Crippen LogP contribution in [0.15, 0.2) is 75.9 Å². The van der Waals surface area contributed by atoms with E-state index in [9.17, 15) is 19.2 Å². The molecule has 4 aromatic rings. The number of aromatic nitrogens is 1. The molecule has 3 aromatic carbocycles. The number of nitrogens with zero attached hydrogens (tertiary/aromatic N) is 2. The Morgan fingerprint density at radius 1 is 0.912 bits per heavy atom. The first-order valence-electron chi connectivity index (χ1n) is 10.5. The minimum Gasteiger partial charge on any atom is -0.462 e. The van der Waals surface area contributed by atoms with Gasteiger partial charge in [-0.05, 0) is 61.0 Å². The van der Waals surface area contributed by atoms with Crippen molar-refractivity contribution in [3.8, 4) is 0 Å². The van der Waals surface area contributed by atoms with Crippen LogP contribution in [0.25, 0.3) is 11.1 Å². The van der Waals surface area contributed by atoms with Gasteiger partial charge in [-0.3, -0.25) is 14.2 Å². The van der Waals surface area contributed by atoms with Crippen LogP contribution in [0.5, 0.6) is 0 Å². The summed E-state index contributed by atoms with van der Waals surface area (Å²) in [5, 5.41) is 0.483. The second-order valence-corrected chi connectivity index (χ2v) is 8.10. The van der Waals surface area contributed by atoms with Crippen LogP contribution in [0.1, 0.15) is 37.5 Å². The molecule has 170 valence electrons. The van der Waals surface area contributed by atoms with Crippen LogP contribution >= 0.6 is 11.6 Å². The Balaban J connectivity index is 1.25. The second kappa shape index (κ2) is 8.64. The molecule has 0 radical (unpaired) electrons. The average molecular weight is 477 g/mol. The van der Waals surface area contributed by atoms with E-state index in [1.807, 2.05) is 6.07 Å². The number of imide groups is 1. The average Bonchev–Trinajstić information content (AvgIpc) is 3.29. The van der Waals surface area contributed by atoms with Gasteiger partial charge in [-0.1, -0.05) is 23.7 Å². The number of hydrogen-bond donors (Lipinski definition) is 0. The Morgan fingerprint density at radius 3 is 2.44 bits per heavy atom. The Labute approximate surface area is 197 Å². The summed E-state index contributed by atoms with van der Waals surface area (Å²) in [5.41, 5.74) is 2.06. The molecule has 9 heteroatoms. The molecule has 0 fully saturated rings. The molecule has 5 rings (SSSR count). The van der Waals surface area contributed by atoms with Crippen molar-refractivity contribution in [3.63, 3.8) is 0 Å². The SMILES string of the molecule is O=C(OCCCn1c(=O)oc2ccccc21)c1ccc2c(c1)C(=O)N(c1ccc(Cl)cc1)C2=O. The van der Waals surface area contributed by atoms with Gasteiger partial charge in [-0.15, -0.1) is 0 Å². The van der Waals surface area contributed by atoms with Crippen molar-refractivity contribution in [2.75, 3.05) is 11.5 Å². The molecule has 0 N–H and O–H groups in total. The summed E-state index contributed by atoms with van der Waals surface area (Å²) in [6.07, 6.45) is 0.391. The monoisotopic (exact) mass is 476 g/mol. The van der Waals surface area contributed by atoms with Crippen molar-refractivity contribution in [1.82, 2.24) is 4.57 Å². The van der Waals surface area contributed by atoms with E-state index in [1.54, 1.807) is 42.5 Å². The van der Waals surface area contributed by atoms with Crippen LogP contribution in [0.2, 0.25) is 5.02 Å². The number of carbonyl (C=O) groups excluding carboxylic acids is 3. The molecule has 0 bridgehead atoms. The van der Waals surface area contributed by atoms with Crippen LogP contribution < -0.4 is 10.7 Å². The number of ether oxygens (including phenoxy) is 1. The largest absolute Gasteiger partial charge is 0.462 e. The van der Waals surface area contributed by atoms with E-state index in [0.29, 0.717) is 34.8 Å². The van der Waals surface area contributed by atoms with Gasteiger partial charge in [0.15, 0.2) is 5.58 Å². The third-order valence-corrected chi connectivity index (χ3v) is 5.79. The Kier molecular flexibility index (Phi) is 5.51. The number of halogens is 1. The van der Waals surface area contributed by atoms with Crippen molar-refractivity contribution in [2.24, 2.45) is 0 Å². The molecule has 0 atom stereocenters. The number of esters is 1. The Morgan fingerprint density at radius 2 is 1.65 bits per heavy atom. The first kappa shape index (κ1) is 21.7. The maximum absolute atomic E-state index is 12.9. The fraction of sp³-hybridized carbons (Fsp3) is 0.120. The number of fused-ring (bicyclic) bond motifs is 2. The van der Waals surface area contributed by atoms with Gasteiger partial charge in [0.2, 0.25) is 0 Å². The molecule has 1 aromatic heterocycles. The van der Waals surface area contributed by atoms with Crippen LogP contribution in [-0.2, 0) is 11.3 Å². The van der Waals surface area contributed by atoms with E-state index >= 15 is 0 Å². The summed E-state index contributed by atoms with van der Waals surface area (Å²) in [5.74, 6) is -2.10. The molecule has 0 saturated carbocycles. The normalized spacial score (nSPS) is 12.9. The number of oxazole rings is 1. The first-order chi connectivity index (χ1) is 16.4. The number of carbonyl (C=O) groups is 3. The highest BCUT2D eigenvalue weighted by Gasteiger charge is 2.37. The van der Waals surface area contributed by atoms with Gasteiger partial charge >= 0.3 is 11.7 Å². The lowest BCUT2D eigenvalue weighted by Gasteiger charge is -2.13. The summed E-state index contributed by atoms with van der Waals surface area (Å²) in [6.45, 7) is 0.377. The summed E-state index contributed by atoms with van der Waals surface area (Å²) in [7, 11) is 0. The lowest BCUT2D eigenvalue weighted by molar-refractivity contribution is 0.0495. The van der Waals surface area contributed by atoms with E-state index in [0.717, 1.165) is 4.90 Å². The molecule has 0 saturated heterocycles. The summed E-state index contributed by atoms with van der Waals surface area (Å²) in [4.78, 5) is 51.2. The van der Waals surface area contributed by atoms with Crippen molar-refractivity contribution >= 4 is 46.2 Å². The third kappa shape index (κ3) is 3.78. The summed E-state index contributed by atoms with van der Waals surface area (Å²) in [6, 6.07) is 17.7. The number of aryl methyl sites for hydroxylation is 1. The summed E-state index contributed by atoms with van der Waals surface area (Å²) < 4.78 is 12.0. The number of amides is 2. The number of para-hydroxylation sites is 2. The van der Waals surface area contributed by atoms with E-state index in [1.165, 1.54) is 22.8 Å². The molecule has 2 heterocycles. The minimum atomic E-state index is -0.627. The van der Waals surface area contributed by atoms with Crippen molar-refractivity contribution in [2.45, 2.75) is 13.0 Å². The van der Waals surface area contributed by atoms with Gasteiger partial charge in [0.25, 0.3) is 11.8 Å². The predicted octanol–water partition coefficient (Wildman–Crippen LogP) is 4.30. The molecule has 0 unspecified atom stereocenters. The van der Waals surface area contributed by atoms with Crippen molar-refractivity contribution in [3.05, 3.63) is 99.0 Å². The number of benzene rings is 3. The zero-order chi connectivity index (χ0) is 23.8. The predicted molar refractivity (Wildman–Crippen MR) is 124 cm³/mol. The van der Waals surface area contributed by atoms with Gasteiger partial charge < -0.3 is 9.15 Å². The third-order valence-electron chi connectivity index (χ3n) is 5.54. The standard InChI is InChI=1S/C25H17ClN2O6/c26-16-7-9-17(10-8-16)28-22(29)18-11-6-15(14-19(18)23(28)30)24(31)33-13-3-12-27-20-4-1-2-5-21(20)34-25(27)32/h1-2,4-11,14H,3,12-13H2. The second-order valence-electron chi connectivity index (χ2n) is 7.66. The zero-order valence-electron chi connectivity index (χ0n) is 17.7. The van der Waals surface area contributed by atoms with Gasteiger partial charge in [-0.25, -0.2) is 14.5 Å². The highest BCUT2D eigenvalue weighted by Crippen LogP contribution is 2.30. The van der Waals surface area contributed by atoms with Gasteiger partial charge in [0, 0.05) is 11.6 Å². The summed E-state index contributed by atoms with van der Waals surface area (Å²) >= 11 is 5.89. The molecular weight excluding hydrogens is 460 g/mol. The van der Waals surface area contributed by atoms with E-state index < -0.39 is 23.5 Å². The first-order valence-corrected chi connectivity index (χ1v) is 10.9. The van der Waals surface area contributed by atoms with Crippen LogP contribution in [0.4, 0.5) is 5.69 Å². The molecule has 34 heavy (non-hydrogen) atoms. The highest BCUT2D eigenvalue weighted by molar-refractivity contribution is 6.35. The molecule has 8 nitrogen and oxygen atoms in total. The fourth-order valence-electron chi connectivity index (χ4n) is 3.89. The Hall–Kier alpha value is -4.17. The van der Waals surface area contributed by atoms with Gasteiger partial charge in [-0.2, -0.15) is 0 Å². The highest BCUT2D eigenvalue weighted by atomic mass is 35.5. The van der Waals surface area contributed by atoms with Gasteiger partial charge in [0.1, 0.15) is 0 Å².